The highest BCUT2D eigenvalue weighted by Gasteiger charge is 2.24. The van der Waals surface area contributed by atoms with Crippen LogP contribution in [-0.2, 0) is 4.79 Å². The first-order valence-corrected chi connectivity index (χ1v) is 7.77. The van der Waals surface area contributed by atoms with Gasteiger partial charge >= 0.3 is 0 Å². The monoisotopic (exact) mass is 334 g/mol. The van der Waals surface area contributed by atoms with Gasteiger partial charge in [-0.3, -0.25) is 9.69 Å². The number of aromatic nitrogens is 2. The minimum Gasteiger partial charge on any atom is -0.348 e. The first-order chi connectivity index (χ1) is 11.0. The number of halogens is 2. The molecule has 0 saturated carbocycles. The molecular weight excluding hydrogens is 319 g/mol. The van der Waals surface area contributed by atoms with E-state index in [2.05, 4.69) is 15.3 Å². The van der Waals surface area contributed by atoms with E-state index in [0.29, 0.717) is 24.7 Å². The highest BCUT2D eigenvalue weighted by atomic mass is 35.5. The van der Waals surface area contributed by atoms with Crippen molar-refractivity contribution in [1.82, 2.24) is 9.97 Å². The molecule has 1 N–H and O–H groups in total. The van der Waals surface area contributed by atoms with Crippen LogP contribution in [0.5, 0.6) is 0 Å². The highest BCUT2D eigenvalue weighted by molar-refractivity contribution is 6.29. The van der Waals surface area contributed by atoms with E-state index in [-0.39, 0.29) is 22.9 Å². The number of nitrogens with one attached hydrogen (secondary N) is 1. The summed E-state index contributed by atoms with van der Waals surface area (Å²) in [4.78, 5) is 22.0. The molecule has 1 aliphatic heterocycles. The number of hydrogen-bond acceptors (Lipinski definition) is 4. The number of benzene rings is 1. The predicted octanol–water partition coefficient (Wildman–Crippen LogP) is 3.57. The molecule has 5 nitrogen and oxygen atoms in total. The fourth-order valence-electron chi connectivity index (χ4n) is 2.53. The van der Waals surface area contributed by atoms with Gasteiger partial charge in [0.05, 0.1) is 6.04 Å². The van der Waals surface area contributed by atoms with Gasteiger partial charge in [-0.25, -0.2) is 9.37 Å². The topological polar surface area (TPSA) is 58.1 Å². The molecule has 0 unspecified atom stereocenters. The molecule has 1 saturated heterocycles. The van der Waals surface area contributed by atoms with Gasteiger partial charge in [-0.15, -0.1) is 0 Å². The summed E-state index contributed by atoms with van der Waals surface area (Å²) in [6.07, 6.45) is 1.34. The third-order valence-corrected chi connectivity index (χ3v) is 3.94. The molecule has 23 heavy (non-hydrogen) atoms. The van der Waals surface area contributed by atoms with Crippen LogP contribution in [0.2, 0.25) is 5.15 Å². The van der Waals surface area contributed by atoms with Gasteiger partial charge in [0.1, 0.15) is 16.8 Å². The number of anilines is 2. The fourth-order valence-corrected chi connectivity index (χ4v) is 2.71. The average molecular weight is 335 g/mol. The van der Waals surface area contributed by atoms with Crippen LogP contribution >= 0.6 is 11.6 Å². The smallest absolute Gasteiger partial charge is 0.228 e. The third-order valence-electron chi connectivity index (χ3n) is 3.75. The van der Waals surface area contributed by atoms with Crippen molar-refractivity contribution in [2.45, 2.75) is 25.8 Å². The van der Waals surface area contributed by atoms with Crippen LogP contribution in [0.3, 0.4) is 0 Å². The molecule has 2 aromatic rings. The number of nitrogens with zero attached hydrogens (tertiary/aromatic N) is 3. The Kier molecular flexibility index (Phi) is 4.43. The molecule has 1 aliphatic rings. The Morgan fingerprint density at radius 3 is 2.70 bits per heavy atom. The summed E-state index contributed by atoms with van der Waals surface area (Å²) in [7, 11) is 0. The van der Waals surface area contributed by atoms with E-state index >= 15 is 0 Å². The van der Waals surface area contributed by atoms with E-state index < -0.39 is 0 Å². The minimum atomic E-state index is -0.283. The van der Waals surface area contributed by atoms with Crippen LogP contribution < -0.4 is 10.2 Å². The van der Waals surface area contributed by atoms with Crippen molar-refractivity contribution in [2.75, 3.05) is 16.8 Å². The van der Waals surface area contributed by atoms with Crippen molar-refractivity contribution in [2.24, 2.45) is 0 Å². The molecule has 1 atom stereocenters. The summed E-state index contributed by atoms with van der Waals surface area (Å²) < 4.78 is 13.0. The molecule has 1 fully saturated rings. The zero-order chi connectivity index (χ0) is 16.4. The molecule has 0 spiro atoms. The maximum atomic E-state index is 13.0. The molecule has 3 rings (SSSR count). The van der Waals surface area contributed by atoms with Gasteiger partial charge in [-0.1, -0.05) is 23.7 Å². The maximum absolute atomic E-state index is 13.0. The zero-order valence-corrected chi connectivity index (χ0v) is 13.3. The average Bonchev–Trinajstić information content (AvgIpc) is 2.93. The van der Waals surface area contributed by atoms with Gasteiger partial charge in [0.2, 0.25) is 11.9 Å². The molecular formula is C16H16ClFN4O. The lowest BCUT2D eigenvalue weighted by molar-refractivity contribution is -0.117. The second-order valence-corrected chi connectivity index (χ2v) is 5.83. The summed E-state index contributed by atoms with van der Waals surface area (Å²) in [5.74, 6) is 0.595. The van der Waals surface area contributed by atoms with E-state index in [4.69, 9.17) is 11.6 Å². The van der Waals surface area contributed by atoms with Gasteiger partial charge < -0.3 is 5.32 Å². The standard InChI is InChI=1S/C16H16ClFN4O/c1-10(11-4-6-12(18)7-5-11)19-16-20-13(17)9-14(21-16)22-8-2-3-15(22)23/h4-7,9-10H,2-3,8H2,1H3,(H,19,20,21)/t10-/m0/s1. The number of amides is 1. The fraction of sp³-hybridized carbons (Fsp3) is 0.312. The van der Waals surface area contributed by atoms with Crippen LogP contribution in [0, 0.1) is 5.82 Å². The van der Waals surface area contributed by atoms with Crippen molar-refractivity contribution in [3.05, 3.63) is 46.9 Å². The number of carbonyl (C=O) groups is 1. The number of rotatable bonds is 4. The molecule has 7 heteroatoms. The van der Waals surface area contributed by atoms with Crippen molar-refractivity contribution >= 4 is 29.3 Å². The molecule has 0 aliphatic carbocycles. The van der Waals surface area contributed by atoms with Crippen LogP contribution in [-0.4, -0.2) is 22.4 Å². The first kappa shape index (κ1) is 15.7. The Bertz CT molecular complexity index is 723. The van der Waals surface area contributed by atoms with E-state index in [1.165, 1.54) is 12.1 Å². The van der Waals surface area contributed by atoms with Crippen molar-refractivity contribution in [3.63, 3.8) is 0 Å². The van der Waals surface area contributed by atoms with Crippen molar-refractivity contribution in [3.8, 4) is 0 Å². The minimum absolute atomic E-state index is 0.0392. The van der Waals surface area contributed by atoms with Gasteiger partial charge in [0, 0.05) is 19.0 Å². The second kappa shape index (κ2) is 6.50. The zero-order valence-electron chi connectivity index (χ0n) is 12.6. The van der Waals surface area contributed by atoms with Crippen LogP contribution in [0.1, 0.15) is 31.4 Å². The third kappa shape index (κ3) is 3.59. The summed E-state index contributed by atoms with van der Waals surface area (Å²) >= 11 is 6.05. The first-order valence-electron chi connectivity index (χ1n) is 7.40. The summed E-state index contributed by atoms with van der Waals surface area (Å²) in [5, 5.41) is 3.40. The van der Waals surface area contributed by atoms with Crippen molar-refractivity contribution in [1.29, 1.82) is 0 Å². The predicted molar refractivity (Wildman–Crippen MR) is 87.1 cm³/mol. The Morgan fingerprint density at radius 2 is 2.04 bits per heavy atom. The normalized spacial score (nSPS) is 15.8. The van der Waals surface area contributed by atoms with E-state index in [9.17, 15) is 9.18 Å². The van der Waals surface area contributed by atoms with E-state index in [1.54, 1.807) is 23.1 Å². The van der Waals surface area contributed by atoms with Crippen LogP contribution in [0.25, 0.3) is 0 Å². The lowest BCUT2D eigenvalue weighted by Crippen LogP contribution is -2.25. The van der Waals surface area contributed by atoms with Gasteiger partial charge in [0.25, 0.3) is 0 Å². The Labute approximate surface area is 138 Å². The second-order valence-electron chi connectivity index (χ2n) is 5.44. The lowest BCUT2D eigenvalue weighted by atomic mass is 10.1. The molecule has 0 bridgehead atoms. The van der Waals surface area contributed by atoms with E-state index in [1.807, 2.05) is 6.92 Å². The van der Waals surface area contributed by atoms with Crippen LogP contribution in [0.15, 0.2) is 30.3 Å². The van der Waals surface area contributed by atoms with Gasteiger partial charge in [-0.05, 0) is 31.0 Å². The highest BCUT2D eigenvalue weighted by Crippen LogP contribution is 2.25. The lowest BCUT2D eigenvalue weighted by Gasteiger charge is -2.18. The Balaban J connectivity index is 1.81. The summed E-state index contributed by atoms with van der Waals surface area (Å²) in [6.45, 7) is 2.55. The number of carbonyl (C=O) groups excluding carboxylic acids is 1. The molecule has 2 heterocycles. The Hall–Kier alpha value is -2.21. The summed E-state index contributed by atoms with van der Waals surface area (Å²) in [5.41, 5.74) is 0.897. The maximum Gasteiger partial charge on any atom is 0.228 e. The SMILES string of the molecule is C[C@H](Nc1nc(Cl)cc(N2CCCC2=O)n1)c1ccc(F)cc1. The van der Waals surface area contributed by atoms with Gasteiger partial charge in [0.15, 0.2) is 0 Å². The summed E-state index contributed by atoms with van der Waals surface area (Å²) in [6, 6.07) is 7.65. The largest absolute Gasteiger partial charge is 0.348 e. The molecule has 1 amide bonds. The van der Waals surface area contributed by atoms with Crippen LogP contribution in [0.4, 0.5) is 16.2 Å². The van der Waals surface area contributed by atoms with Gasteiger partial charge in [-0.2, -0.15) is 4.98 Å². The molecule has 1 aromatic carbocycles. The molecule has 120 valence electrons. The molecule has 0 radical (unpaired) electrons. The molecule has 1 aromatic heterocycles. The Morgan fingerprint density at radius 1 is 1.30 bits per heavy atom. The quantitative estimate of drug-likeness (QED) is 0.868. The van der Waals surface area contributed by atoms with Crippen molar-refractivity contribution < 1.29 is 9.18 Å². The van der Waals surface area contributed by atoms with E-state index in [0.717, 1.165) is 12.0 Å². The number of hydrogen-bond donors (Lipinski definition) is 1.